The van der Waals surface area contributed by atoms with Crippen molar-refractivity contribution in [3.8, 4) is 0 Å². The van der Waals surface area contributed by atoms with Crippen LogP contribution in [0.3, 0.4) is 0 Å². The number of halogens is 1. The minimum Gasteiger partial charge on any atom is -0.393 e. The molecule has 1 aromatic rings. The third-order valence-corrected chi connectivity index (χ3v) is 3.74. The predicted octanol–water partition coefficient (Wildman–Crippen LogP) is 1.40. The number of aliphatic hydroxyl groups excluding tert-OH is 1. The van der Waals surface area contributed by atoms with Crippen LogP contribution in [-0.2, 0) is 6.54 Å². The summed E-state index contributed by atoms with van der Waals surface area (Å²) in [6, 6.07) is 1.84. The van der Waals surface area contributed by atoms with Crippen LogP contribution in [0.5, 0.6) is 0 Å². The van der Waals surface area contributed by atoms with Gasteiger partial charge in [-0.2, -0.15) is 0 Å². The minimum atomic E-state index is -0.220. The monoisotopic (exact) mass is 255 g/mol. The second-order valence-corrected chi connectivity index (χ2v) is 4.97. The van der Waals surface area contributed by atoms with E-state index < -0.39 is 0 Å². The fourth-order valence-electron chi connectivity index (χ4n) is 2.17. The molecule has 1 aliphatic rings. The molecule has 2 rings (SSSR count). The highest BCUT2D eigenvalue weighted by atomic mass is 35.5. The molecule has 0 aromatic carbocycles. The van der Waals surface area contributed by atoms with Gasteiger partial charge in [0.2, 0.25) is 0 Å². The lowest BCUT2D eigenvalue weighted by Crippen LogP contribution is -2.42. The van der Waals surface area contributed by atoms with Gasteiger partial charge in [0.05, 0.1) is 11.1 Å². The molecule has 4 nitrogen and oxygen atoms in total. The Morgan fingerprint density at radius 3 is 3.06 bits per heavy atom. The standard InChI is InChI=1S/C12H18ClN3O/c1-8-7-16(5-3-10(8)17)12-11(13)9(6-14)2-4-15-12/h2,4,8,10,17H,3,5-7,14H2,1H3. The quantitative estimate of drug-likeness (QED) is 0.839. The number of pyridine rings is 1. The van der Waals surface area contributed by atoms with Crippen molar-refractivity contribution >= 4 is 17.4 Å². The fraction of sp³-hybridized carbons (Fsp3) is 0.583. The molecule has 0 bridgehead atoms. The van der Waals surface area contributed by atoms with E-state index in [1.165, 1.54) is 0 Å². The number of hydrogen-bond acceptors (Lipinski definition) is 4. The molecule has 94 valence electrons. The van der Waals surface area contributed by atoms with Crippen molar-refractivity contribution in [3.63, 3.8) is 0 Å². The lowest BCUT2D eigenvalue weighted by Gasteiger charge is -2.35. The first kappa shape index (κ1) is 12.6. The van der Waals surface area contributed by atoms with E-state index in [0.717, 1.165) is 30.9 Å². The Morgan fingerprint density at radius 1 is 1.65 bits per heavy atom. The molecule has 2 heterocycles. The van der Waals surface area contributed by atoms with Crippen LogP contribution < -0.4 is 10.6 Å². The zero-order valence-corrected chi connectivity index (χ0v) is 10.7. The van der Waals surface area contributed by atoms with Crippen molar-refractivity contribution < 1.29 is 5.11 Å². The molecule has 1 saturated heterocycles. The largest absolute Gasteiger partial charge is 0.393 e. The molecule has 0 saturated carbocycles. The Labute approximate surface area is 106 Å². The Kier molecular flexibility index (Phi) is 3.86. The molecule has 17 heavy (non-hydrogen) atoms. The summed E-state index contributed by atoms with van der Waals surface area (Å²) in [7, 11) is 0. The van der Waals surface area contributed by atoms with Crippen molar-refractivity contribution in [1.29, 1.82) is 0 Å². The number of piperidine rings is 1. The van der Waals surface area contributed by atoms with Crippen molar-refractivity contribution in [2.75, 3.05) is 18.0 Å². The van der Waals surface area contributed by atoms with Gasteiger partial charge < -0.3 is 15.7 Å². The maximum atomic E-state index is 9.71. The Hall–Kier alpha value is -0.840. The van der Waals surface area contributed by atoms with Crippen LogP contribution in [0.2, 0.25) is 5.02 Å². The maximum Gasteiger partial charge on any atom is 0.147 e. The summed E-state index contributed by atoms with van der Waals surface area (Å²) in [5.41, 5.74) is 6.54. The second kappa shape index (κ2) is 5.21. The zero-order chi connectivity index (χ0) is 12.4. The van der Waals surface area contributed by atoms with Crippen molar-refractivity contribution in [2.45, 2.75) is 26.0 Å². The van der Waals surface area contributed by atoms with Crippen LogP contribution in [0.15, 0.2) is 12.3 Å². The van der Waals surface area contributed by atoms with E-state index in [1.807, 2.05) is 13.0 Å². The third kappa shape index (κ3) is 2.54. The number of nitrogens with zero attached hydrogens (tertiary/aromatic N) is 2. The first-order valence-corrected chi connectivity index (χ1v) is 6.27. The molecule has 1 fully saturated rings. The van der Waals surface area contributed by atoms with Crippen LogP contribution in [0.1, 0.15) is 18.9 Å². The Balaban J connectivity index is 2.23. The van der Waals surface area contributed by atoms with Crippen LogP contribution in [0.4, 0.5) is 5.82 Å². The van der Waals surface area contributed by atoms with E-state index >= 15 is 0 Å². The summed E-state index contributed by atoms with van der Waals surface area (Å²) >= 11 is 6.28. The Morgan fingerprint density at radius 2 is 2.41 bits per heavy atom. The van der Waals surface area contributed by atoms with Crippen LogP contribution in [0, 0.1) is 5.92 Å². The number of aliphatic hydroxyl groups is 1. The van der Waals surface area contributed by atoms with Gasteiger partial charge in [0.15, 0.2) is 0 Å². The average molecular weight is 256 g/mol. The fourth-order valence-corrected chi connectivity index (χ4v) is 2.48. The van der Waals surface area contributed by atoms with Crippen molar-refractivity contribution in [3.05, 3.63) is 22.8 Å². The number of anilines is 1. The molecule has 0 aliphatic carbocycles. The summed E-state index contributed by atoms with van der Waals surface area (Å²) in [5.74, 6) is 1.02. The second-order valence-electron chi connectivity index (χ2n) is 4.59. The highest BCUT2D eigenvalue weighted by Gasteiger charge is 2.26. The van der Waals surface area contributed by atoms with Gasteiger partial charge in [0.1, 0.15) is 5.82 Å². The number of aromatic nitrogens is 1. The predicted molar refractivity (Wildman–Crippen MR) is 69.1 cm³/mol. The van der Waals surface area contributed by atoms with Gasteiger partial charge in [-0.05, 0) is 24.0 Å². The molecule has 2 unspecified atom stereocenters. The van der Waals surface area contributed by atoms with Crippen molar-refractivity contribution in [1.82, 2.24) is 4.98 Å². The minimum absolute atomic E-state index is 0.220. The summed E-state index contributed by atoms with van der Waals surface area (Å²) in [6.45, 7) is 4.02. The summed E-state index contributed by atoms with van der Waals surface area (Å²) < 4.78 is 0. The first-order valence-electron chi connectivity index (χ1n) is 5.90. The molecule has 0 amide bonds. The molecule has 2 atom stereocenters. The normalized spacial score (nSPS) is 25.1. The van der Waals surface area contributed by atoms with Gasteiger partial charge in [-0.15, -0.1) is 0 Å². The van der Waals surface area contributed by atoms with E-state index in [1.54, 1.807) is 6.20 Å². The van der Waals surface area contributed by atoms with Gasteiger partial charge in [-0.3, -0.25) is 0 Å². The SMILES string of the molecule is CC1CN(c2nccc(CN)c2Cl)CCC1O. The summed E-state index contributed by atoms with van der Waals surface area (Å²) in [5, 5.41) is 10.3. The lowest BCUT2D eigenvalue weighted by atomic mass is 9.97. The van der Waals surface area contributed by atoms with E-state index in [0.29, 0.717) is 11.6 Å². The molecule has 3 N–H and O–H groups in total. The number of hydrogen-bond donors (Lipinski definition) is 2. The molecule has 1 aromatic heterocycles. The molecule has 0 spiro atoms. The first-order chi connectivity index (χ1) is 8.13. The zero-order valence-electron chi connectivity index (χ0n) is 9.93. The van der Waals surface area contributed by atoms with Gasteiger partial charge in [-0.1, -0.05) is 18.5 Å². The topological polar surface area (TPSA) is 62.4 Å². The van der Waals surface area contributed by atoms with Gasteiger partial charge in [-0.25, -0.2) is 4.98 Å². The van der Waals surface area contributed by atoms with E-state index in [2.05, 4.69) is 9.88 Å². The third-order valence-electron chi connectivity index (χ3n) is 3.33. The van der Waals surface area contributed by atoms with E-state index in [4.69, 9.17) is 17.3 Å². The van der Waals surface area contributed by atoms with Crippen LogP contribution >= 0.6 is 11.6 Å². The van der Waals surface area contributed by atoms with Crippen LogP contribution in [0.25, 0.3) is 0 Å². The van der Waals surface area contributed by atoms with Gasteiger partial charge >= 0.3 is 0 Å². The van der Waals surface area contributed by atoms with Gasteiger partial charge in [0.25, 0.3) is 0 Å². The van der Waals surface area contributed by atoms with Crippen molar-refractivity contribution in [2.24, 2.45) is 11.7 Å². The summed E-state index contributed by atoms with van der Waals surface area (Å²) in [4.78, 5) is 6.45. The van der Waals surface area contributed by atoms with Crippen LogP contribution in [-0.4, -0.2) is 29.3 Å². The highest BCUT2D eigenvalue weighted by molar-refractivity contribution is 6.33. The Bertz CT molecular complexity index is 399. The number of nitrogens with two attached hydrogens (primary N) is 1. The molecular formula is C12H18ClN3O. The molecule has 0 radical (unpaired) electrons. The lowest BCUT2D eigenvalue weighted by molar-refractivity contribution is 0.0969. The molecule has 5 heteroatoms. The maximum absolute atomic E-state index is 9.71. The van der Waals surface area contributed by atoms with Gasteiger partial charge in [0, 0.05) is 25.8 Å². The van der Waals surface area contributed by atoms with E-state index in [-0.39, 0.29) is 12.0 Å². The smallest absolute Gasteiger partial charge is 0.147 e. The molecule has 1 aliphatic heterocycles. The highest BCUT2D eigenvalue weighted by Crippen LogP contribution is 2.30. The molecular weight excluding hydrogens is 238 g/mol. The number of rotatable bonds is 2. The summed E-state index contributed by atoms with van der Waals surface area (Å²) in [6.07, 6.45) is 2.27. The average Bonchev–Trinajstić information content (AvgIpc) is 2.33. The van der Waals surface area contributed by atoms with E-state index in [9.17, 15) is 5.11 Å².